The van der Waals surface area contributed by atoms with Crippen LogP contribution >= 0.6 is 23.2 Å². The van der Waals surface area contributed by atoms with Crippen LogP contribution in [0.4, 0.5) is 5.69 Å². The third-order valence-electron chi connectivity index (χ3n) is 6.18. The number of allylic oxidation sites excluding steroid dienone is 1. The molecule has 0 unspecified atom stereocenters. The molecule has 0 radical (unpaired) electrons. The van der Waals surface area contributed by atoms with Crippen LogP contribution in [0.15, 0.2) is 89.6 Å². The van der Waals surface area contributed by atoms with E-state index in [1.807, 2.05) is 48.5 Å². The topological polar surface area (TPSA) is 84.1 Å². The Labute approximate surface area is 242 Å². The Morgan fingerprint density at radius 1 is 1.05 bits per heavy atom. The first-order valence-electron chi connectivity index (χ1n) is 11.9. The van der Waals surface area contributed by atoms with E-state index in [4.69, 9.17) is 23.2 Å². The number of benzene rings is 3. The minimum absolute atomic E-state index is 0. The number of aliphatic carboxylic acids is 1. The van der Waals surface area contributed by atoms with Crippen molar-refractivity contribution in [2.75, 3.05) is 6.54 Å². The van der Waals surface area contributed by atoms with Crippen LogP contribution in [0.25, 0.3) is 5.32 Å². The number of carboxylic acids is 1. The fourth-order valence-corrected chi connectivity index (χ4v) is 4.69. The van der Waals surface area contributed by atoms with Gasteiger partial charge in [0.25, 0.3) is 0 Å². The second kappa shape index (κ2) is 13.7. The number of para-hydroxylation sites is 1. The van der Waals surface area contributed by atoms with Gasteiger partial charge in [0.1, 0.15) is 5.70 Å². The maximum absolute atomic E-state index is 13.4. The summed E-state index contributed by atoms with van der Waals surface area (Å²) in [5, 5.41) is 15.1. The maximum atomic E-state index is 13.4. The number of carbonyl (C=O) groups is 2. The van der Waals surface area contributed by atoms with Gasteiger partial charge in [0.15, 0.2) is 0 Å². The summed E-state index contributed by atoms with van der Waals surface area (Å²) in [6, 6.07) is 21.6. The van der Waals surface area contributed by atoms with Gasteiger partial charge in [-0.1, -0.05) is 89.9 Å². The van der Waals surface area contributed by atoms with Crippen molar-refractivity contribution in [1.29, 1.82) is 0 Å². The molecule has 200 valence electrons. The van der Waals surface area contributed by atoms with Gasteiger partial charge in [-0.2, -0.15) is 0 Å². The molecule has 3 aromatic rings. The first kappa shape index (κ1) is 29.6. The third kappa shape index (κ3) is 7.12. The fourth-order valence-electron chi connectivity index (χ4n) is 4.36. The predicted octanol–water partition coefficient (Wildman–Crippen LogP) is 7.01. The van der Waals surface area contributed by atoms with Gasteiger partial charge in [-0.05, 0) is 49.6 Å². The summed E-state index contributed by atoms with van der Waals surface area (Å²) in [6.45, 7) is 2.95. The molecule has 1 N–H and O–H groups in total. The van der Waals surface area contributed by atoms with Gasteiger partial charge in [-0.15, -0.1) is 5.69 Å². The molecule has 9 heteroatoms. The normalized spacial score (nSPS) is 16.1. The van der Waals surface area contributed by atoms with Gasteiger partial charge in [0.05, 0.1) is 27.7 Å². The number of hydrogen-bond donors (Lipinski definition) is 1. The Morgan fingerprint density at radius 3 is 2.45 bits per heavy atom. The Morgan fingerprint density at radius 2 is 1.76 bits per heavy atom. The van der Waals surface area contributed by atoms with E-state index in [1.54, 1.807) is 31.2 Å². The first-order valence-corrected chi connectivity index (χ1v) is 12.7. The smallest absolute Gasteiger partial charge is 0.354 e. The van der Waals surface area contributed by atoms with E-state index in [9.17, 15) is 14.7 Å². The van der Waals surface area contributed by atoms with E-state index in [0.717, 1.165) is 24.1 Å². The number of halogens is 2. The summed E-state index contributed by atoms with van der Waals surface area (Å²) in [5.41, 5.74) is 3.06. The standard InChI is InChI=1S/C29H27Cl2N3O3.Ni/c1-2-24(29(36)37)32-27(20-9-4-3-5-10-20)21-11-6-7-12-25(21)33-28(35)26-13-8-16-34(26)18-19-14-15-22(30)23(31)17-19;/h2-7,9-12,14-15,17,26H,8,13,16,18H2,1H3,(H2,32,33,35,36,37);/p-1/b24-2-;/t26-;/m0./s1. The summed E-state index contributed by atoms with van der Waals surface area (Å²) in [6.07, 6.45) is 3.03. The number of carbonyl (C=O) groups excluding carboxylic acids is 1. The quantitative estimate of drug-likeness (QED) is 0.173. The van der Waals surface area contributed by atoms with Gasteiger partial charge in [-0.25, -0.2) is 9.79 Å². The van der Waals surface area contributed by atoms with Crippen LogP contribution in [-0.4, -0.2) is 40.2 Å². The van der Waals surface area contributed by atoms with E-state index < -0.39 is 5.97 Å². The van der Waals surface area contributed by atoms with Crippen molar-refractivity contribution in [3.05, 3.63) is 117 Å². The zero-order valence-electron chi connectivity index (χ0n) is 20.6. The minimum atomic E-state index is -1.13. The van der Waals surface area contributed by atoms with Crippen molar-refractivity contribution in [3.8, 4) is 0 Å². The van der Waals surface area contributed by atoms with Crippen LogP contribution in [0, 0.1) is 0 Å². The van der Waals surface area contributed by atoms with Gasteiger partial charge >= 0.3 is 5.97 Å². The van der Waals surface area contributed by atoms with Crippen LogP contribution in [0.3, 0.4) is 0 Å². The number of carboxylic acid groups (broad SMARTS) is 1. The van der Waals surface area contributed by atoms with Crippen molar-refractivity contribution >= 4 is 46.5 Å². The van der Waals surface area contributed by atoms with Crippen LogP contribution in [0.2, 0.25) is 10.0 Å². The molecule has 1 saturated heterocycles. The SMILES string of the molecule is C/C=C(\N=C(c1ccccc1)c1ccccc1[N-]C(=O)[C@@H]1CCCN1Cc1ccc(Cl)c(Cl)c1)C(=O)O.[Ni]. The van der Waals surface area contributed by atoms with Gasteiger partial charge < -0.3 is 15.2 Å². The molecule has 1 aliphatic rings. The van der Waals surface area contributed by atoms with Crippen LogP contribution in [-0.2, 0) is 32.6 Å². The van der Waals surface area contributed by atoms with E-state index in [0.29, 0.717) is 40.0 Å². The van der Waals surface area contributed by atoms with E-state index >= 15 is 0 Å². The summed E-state index contributed by atoms with van der Waals surface area (Å²) in [7, 11) is 0. The molecule has 1 aliphatic heterocycles. The zero-order chi connectivity index (χ0) is 26.4. The molecule has 0 aliphatic carbocycles. The van der Waals surface area contributed by atoms with E-state index in [2.05, 4.69) is 15.2 Å². The second-order valence-electron chi connectivity index (χ2n) is 8.65. The molecular weight excluding hydrogens is 568 g/mol. The molecule has 1 fully saturated rings. The zero-order valence-corrected chi connectivity index (χ0v) is 23.1. The third-order valence-corrected chi connectivity index (χ3v) is 6.92. The van der Waals surface area contributed by atoms with Gasteiger partial charge in [0, 0.05) is 28.6 Å². The van der Waals surface area contributed by atoms with Crippen molar-refractivity contribution < 1.29 is 31.2 Å². The average molecular weight is 594 g/mol. The Balaban J connectivity index is 0.00000400. The van der Waals surface area contributed by atoms with Crippen LogP contribution in [0.1, 0.15) is 36.5 Å². The van der Waals surface area contributed by atoms with Crippen molar-refractivity contribution in [3.63, 3.8) is 0 Å². The molecule has 3 aromatic carbocycles. The van der Waals surface area contributed by atoms with Crippen LogP contribution < -0.4 is 0 Å². The first-order chi connectivity index (χ1) is 17.9. The Bertz CT molecular complexity index is 1360. The van der Waals surface area contributed by atoms with E-state index in [1.165, 1.54) is 6.08 Å². The summed E-state index contributed by atoms with van der Waals surface area (Å²) in [4.78, 5) is 31.7. The fraction of sp³-hybridized carbons (Fsp3) is 0.207. The molecule has 1 amide bonds. The van der Waals surface area contributed by atoms with Crippen molar-refractivity contribution in [1.82, 2.24) is 4.90 Å². The molecule has 0 spiro atoms. The van der Waals surface area contributed by atoms with Crippen molar-refractivity contribution in [2.24, 2.45) is 4.99 Å². The molecule has 38 heavy (non-hydrogen) atoms. The number of aliphatic imine (C=N–C) groups is 1. The maximum Gasteiger partial charge on any atom is 0.354 e. The average Bonchev–Trinajstić information content (AvgIpc) is 3.36. The largest absolute Gasteiger partial charge is 0.625 e. The molecule has 0 aromatic heterocycles. The second-order valence-corrected chi connectivity index (χ2v) is 9.46. The molecule has 4 rings (SSSR count). The number of amides is 1. The monoisotopic (exact) mass is 592 g/mol. The number of nitrogens with zero attached hydrogens (tertiary/aromatic N) is 3. The van der Waals surface area contributed by atoms with Gasteiger partial charge in [-0.3, -0.25) is 4.90 Å². The molecule has 0 bridgehead atoms. The molecular formula is C29H26Cl2N3NiO3-. The number of rotatable bonds is 8. The summed E-state index contributed by atoms with van der Waals surface area (Å²) >= 11 is 12.2. The molecule has 1 heterocycles. The van der Waals surface area contributed by atoms with Gasteiger partial charge in [0.2, 0.25) is 0 Å². The number of likely N-dealkylation sites (tertiary alicyclic amines) is 1. The molecule has 1 atom stereocenters. The van der Waals surface area contributed by atoms with Crippen molar-refractivity contribution in [2.45, 2.75) is 32.4 Å². The Hall–Kier alpha value is -2.96. The van der Waals surface area contributed by atoms with Crippen LogP contribution in [0.5, 0.6) is 0 Å². The molecule has 0 saturated carbocycles. The summed E-state index contributed by atoms with van der Waals surface area (Å²) < 4.78 is 0. The summed E-state index contributed by atoms with van der Waals surface area (Å²) in [5.74, 6) is -1.38. The van der Waals surface area contributed by atoms with E-state index in [-0.39, 0.29) is 34.1 Å². The Kier molecular flexibility index (Phi) is 10.7. The number of hydrogen-bond acceptors (Lipinski definition) is 4. The minimum Gasteiger partial charge on any atom is -0.625 e. The predicted molar refractivity (Wildman–Crippen MR) is 148 cm³/mol. The molecule has 6 nitrogen and oxygen atoms in total.